The minimum Gasteiger partial charge on any atom is -0.236 e. The van der Waals surface area contributed by atoms with Gasteiger partial charge in [-0.3, -0.25) is 0 Å². The summed E-state index contributed by atoms with van der Waals surface area (Å²) in [6, 6.07) is 0. The molecule has 0 fully saturated rings. The average molecular weight is 267 g/mol. The molecule has 1 aromatic rings. The maximum atomic E-state index is 11.2. The highest BCUT2D eigenvalue weighted by Crippen LogP contribution is 2.19. The minimum absolute atomic E-state index is 0.0161. The van der Waals surface area contributed by atoms with Crippen LogP contribution in [0.25, 0.3) is 10.4 Å². The lowest BCUT2D eigenvalue weighted by molar-refractivity contribution is 0.575. The predicted octanol–water partition coefficient (Wildman–Crippen LogP) is 0.577. The highest BCUT2D eigenvalue weighted by atomic mass is 79.9. The number of azide groups is 1. The van der Waals surface area contributed by atoms with Gasteiger partial charge in [0.25, 0.3) is 10.0 Å². The van der Waals surface area contributed by atoms with Gasteiger partial charge in [-0.25, -0.2) is 13.1 Å². The molecule has 0 bridgehead atoms. The Morgan fingerprint density at radius 3 is 2.69 bits per heavy atom. The lowest BCUT2D eigenvalue weighted by atomic mass is 10.9. The van der Waals surface area contributed by atoms with Crippen LogP contribution >= 0.6 is 15.9 Å². The molecule has 8 nitrogen and oxygen atoms in total. The van der Waals surface area contributed by atoms with Gasteiger partial charge >= 0.3 is 0 Å². The van der Waals surface area contributed by atoms with E-state index in [-0.39, 0.29) is 9.63 Å². The third-order valence-electron chi connectivity index (χ3n) is 1.13. The fourth-order valence-corrected chi connectivity index (χ4v) is 2.42. The summed E-state index contributed by atoms with van der Waals surface area (Å²) in [5.41, 5.74) is 8.00. The Kier molecular flexibility index (Phi) is 2.55. The van der Waals surface area contributed by atoms with E-state index in [0.29, 0.717) is 0 Å². The number of halogens is 1. The molecule has 0 atom stereocenters. The third-order valence-corrected chi connectivity index (χ3v) is 3.16. The van der Waals surface area contributed by atoms with E-state index in [1.807, 2.05) is 0 Å². The molecule has 0 spiro atoms. The monoisotopic (exact) mass is 266 g/mol. The van der Waals surface area contributed by atoms with Crippen molar-refractivity contribution in [3.8, 4) is 0 Å². The molecular formula is C3H3BrN6O2S. The van der Waals surface area contributed by atoms with Crippen LogP contribution in [0.2, 0.25) is 0 Å². The van der Waals surface area contributed by atoms with Crippen LogP contribution in [0.5, 0.6) is 0 Å². The highest BCUT2D eigenvalue weighted by Gasteiger charge is 2.22. The summed E-state index contributed by atoms with van der Waals surface area (Å²) in [7, 11) is -2.66. The van der Waals surface area contributed by atoms with E-state index in [1.165, 1.54) is 7.05 Å². The molecule has 0 unspecified atom stereocenters. The van der Waals surface area contributed by atoms with E-state index in [9.17, 15) is 8.42 Å². The third kappa shape index (κ3) is 1.79. The van der Waals surface area contributed by atoms with Gasteiger partial charge in [-0.2, -0.15) is 0 Å². The second-order valence-corrected chi connectivity index (χ2v) is 4.21. The molecule has 0 aliphatic heterocycles. The van der Waals surface area contributed by atoms with Gasteiger partial charge in [-0.05, 0) is 21.5 Å². The van der Waals surface area contributed by atoms with Crippen molar-refractivity contribution in [1.29, 1.82) is 0 Å². The van der Waals surface area contributed by atoms with Gasteiger partial charge in [-0.1, -0.05) is 5.21 Å². The molecule has 0 aliphatic carbocycles. The SMILES string of the molecule is Cn1nnc(Br)c1S(=O)(=O)N=[N+]=[N-]. The molecule has 70 valence electrons. The number of hydrogen-bond acceptors (Lipinski definition) is 4. The van der Waals surface area contributed by atoms with Gasteiger partial charge in [0.2, 0.25) is 0 Å². The Morgan fingerprint density at radius 1 is 1.69 bits per heavy atom. The second-order valence-electron chi connectivity index (χ2n) is 1.96. The van der Waals surface area contributed by atoms with E-state index < -0.39 is 10.0 Å². The first-order chi connectivity index (χ1) is 5.99. The summed E-state index contributed by atoms with van der Waals surface area (Å²) < 4.78 is 26.0. The van der Waals surface area contributed by atoms with E-state index in [0.717, 1.165) is 4.68 Å². The summed E-state index contributed by atoms with van der Waals surface area (Å²) >= 11 is 2.87. The Hall–Kier alpha value is -1.12. The molecule has 0 radical (unpaired) electrons. The van der Waals surface area contributed by atoms with Crippen molar-refractivity contribution in [2.24, 2.45) is 11.6 Å². The molecular weight excluding hydrogens is 264 g/mol. The fourth-order valence-electron chi connectivity index (χ4n) is 0.683. The molecule has 0 amide bonds. The zero-order valence-electron chi connectivity index (χ0n) is 6.29. The number of nitrogens with zero attached hydrogens (tertiary/aromatic N) is 6. The number of aryl methyl sites for hydroxylation is 1. The van der Waals surface area contributed by atoms with Gasteiger partial charge < -0.3 is 0 Å². The molecule has 10 heteroatoms. The molecule has 0 N–H and O–H groups in total. The van der Waals surface area contributed by atoms with Crippen LogP contribution in [-0.2, 0) is 17.1 Å². The molecule has 1 aromatic heterocycles. The van der Waals surface area contributed by atoms with Crippen LogP contribution in [0.3, 0.4) is 0 Å². The van der Waals surface area contributed by atoms with E-state index in [4.69, 9.17) is 5.53 Å². The molecule has 0 saturated heterocycles. The van der Waals surface area contributed by atoms with Crippen LogP contribution in [0.15, 0.2) is 14.1 Å². The second kappa shape index (κ2) is 3.32. The van der Waals surface area contributed by atoms with Crippen molar-refractivity contribution in [3.05, 3.63) is 15.0 Å². The van der Waals surface area contributed by atoms with E-state index in [1.54, 1.807) is 0 Å². The first-order valence-electron chi connectivity index (χ1n) is 2.85. The molecule has 1 rings (SSSR count). The van der Waals surface area contributed by atoms with Crippen molar-refractivity contribution >= 4 is 26.0 Å². The molecule has 0 aliphatic rings. The van der Waals surface area contributed by atoms with Crippen molar-refractivity contribution in [2.75, 3.05) is 0 Å². The minimum atomic E-state index is -4.03. The molecule has 0 saturated carbocycles. The van der Waals surface area contributed by atoms with Crippen molar-refractivity contribution in [2.45, 2.75) is 5.03 Å². The van der Waals surface area contributed by atoms with Crippen LogP contribution in [0.1, 0.15) is 0 Å². The zero-order valence-corrected chi connectivity index (χ0v) is 8.69. The Balaban J connectivity index is 3.46. The van der Waals surface area contributed by atoms with E-state index in [2.05, 4.69) is 35.7 Å². The van der Waals surface area contributed by atoms with Crippen LogP contribution in [0.4, 0.5) is 0 Å². The van der Waals surface area contributed by atoms with Crippen LogP contribution < -0.4 is 0 Å². The smallest absolute Gasteiger partial charge is 0.236 e. The average Bonchev–Trinajstić information content (AvgIpc) is 2.31. The lowest BCUT2D eigenvalue weighted by Crippen LogP contribution is -2.04. The fraction of sp³-hybridized carbons (Fsp3) is 0.333. The maximum Gasteiger partial charge on any atom is 0.284 e. The number of sulfonamides is 1. The van der Waals surface area contributed by atoms with Crippen molar-refractivity contribution < 1.29 is 8.42 Å². The molecule has 0 aromatic carbocycles. The van der Waals surface area contributed by atoms with Gasteiger partial charge in [0.15, 0.2) is 9.63 Å². The Labute approximate surface area is 81.4 Å². The highest BCUT2D eigenvalue weighted by molar-refractivity contribution is 9.10. The van der Waals surface area contributed by atoms with E-state index >= 15 is 0 Å². The van der Waals surface area contributed by atoms with Crippen molar-refractivity contribution in [1.82, 2.24) is 15.0 Å². The maximum absolute atomic E-state index is 11.2. The first-order valence-corrected chi connectivity index (χ1v) is 5.09. The molecule has 13 heavy (non-hydrogen) atoms. The van der Waals surface area contributed by atoms with Gasteiger partial charge in [0, 0.05) is 16.5 Å². The largest absolute Gasteiger partial charge is 0.284 e. The predicted molar refractivity (Wildman–Crippen MR) is 45.0 cm³/mol. The normalized spacial score (nSPS) is 10.9. The summed E-state index contributed by atoms with van der Waals surface area (Å²) in [5, 5.41) is 6.58. The van der Waals surface area contributed by atoms with Crippen LogP contribution in [0, 0.1) is 0 Å². The first kappa shape index (κ1) is 9.96. The zero-order chi connectivity index (χ0) is 10.1. The van der Waals surface area contributed by atoms with Gasteiger partial charge in [0.05, 0.1) is 0 Å². The lowest BCUT2D eigenvalue weighted by Gasteiger charge is -1.95. The van der Waals surface area contributed by atoms with Crippen LogP contribution in [-0.4, -0.2) is 23.4 Å². The van der Waals surface area contributed by atoms with Gasteiger partial charge in [-0.15, -0.1) is 5.10 Å². The standard InChI is InChI=1S/C3H3BrN6O2S/c1-10-3(2(4)6-8-10)13(11,12)9-7-5/h1H3. The quantitative estimate of drug-likeness (QED) is 0.442. The topological polar surface area (TPSA) is 114 Å². The summed E-state index contributed by atoms with van der Waals surface area (Å²) in [5.74, 6) is 0. The number of rotatable bonds is 2. The number of aromatic nitrogens is 3. The summed E-state index contributed by atoms with van der Waals surface area (Å²) in [6.07, 6.45) is 0. The molecule has 1 heterocycles. The summed E-state index contributed by atoms with van der Waals surface area (Å²) in [6.45, 7) is 0. The number of hydrogen-bond donors (Lipinski definition) is 0. The van der Waals surface area contributed by atoms with Crippen molar-refractivity contribution in [3.63, 3.8) is 0 Å². The Morgan fingerprint density at radius 2 is 2.31 bits per heavy atom. The van der Waals surface area contributed by atoms with Gasteiger partial charge in [0.1, 0.15) is 0 Å². The summed E-state index contributed by atoms with van der Waals surface area (Å²) in [4.78, 5) is 2.19. The Bertz CT molecular complexity index is 451.